The van der Waals surface area contributed by atoms with Crippen molar-refractivity contribution in [2.24, 2.45) is 11.8 Å². The molecule has 0 aromatic carbocycles. The fourth-order valence-electron chi connectivity index (χ4n) is 4.00. The van der Waals surface area contributed by atoms with Crippen LogP contribution in [0.4, 0.5) is 0 Å². The molecule has 0 radical (unpaired) electrons. The van der Waals surface area contributed by atoms with E-state index in [0.29, 0.717) is 19.0 Å². The summed E-state index contributed by atoms with van der Waals surface area (Å²) >= 11 is 0. The molecule has 0 aromatic rings. The summed E-state index contributed by atoms with van der Waals surface area (Å²) in [7, 11) is -1.23. The Morgan fingerprint density at radius 1 is 1.00 bits per heavy atom. The van der Waals surface area contributed by atoms with Crippen molar-refractivity contribution in [1.29, 1.82) is 0 Å². The largest absolute Gasteiger partial charge is 0.304 e. The molecule has 110 valence electrons. The van der Waals surface area contributed by atoms with Crippen LogP contribution in [0.25, 0.3) is 0 Å². The highest BCUT2D eigenvalue weighted by molar-refractivity contribution is 7.87. The van der Waals surface area contributed by atoms with E-state index >= 15 is 0 Å². The molecule has 3 fully saturated rings. The lowest BCUT2D eigenvalue weighted by atomic mass is 9.98. The molecule has 1 aliphatic heterocycles. The third kappa shape index (κ3) is 2.82. The molecule has 0 spiro atoms. The van der Waals surface area contributed by atoms with E-state index in [1.807, 2.05) is 7.05 Å². The number of nitrogens with zero attached hydrogens (tertiary/aromatic N) is 2. The van der Waals surface area contributed by atoms with Gasteiger partial charge in [0.05, 0.1) is 0 Å². The number of nitrogens with one attached hydrogen (secondary N) is 1. The minimum Gasteiger partial charge on any atom is -0.304 e. The van der Waals surface area contributed by atoms with Crippen molar-refractivity contribution in [3.8, 4) is 0 Å². The number of hydrogen-bond acceptors (Lipinski definition) is 3. The third-order valence-corrected chi connectivity index (χ3v) is 6.83. The lowest BCUT2D eigenvalue weighted by Gasteiger charge is -2.33. The molecule has 1 saturated heterocycles. The van der Waals surface area contributed by atoms with Crippen LogP contribution in [-0.2, 0) is 10.2 Å². The number of likely N-dealkylation sites (N-methyl/N-ethyl adjacent to an activating group) is 1. The van der Waals surface area contributed by atoms with E-state index < -0.39 is 10.2 Å². The van der Waals surface area contributed by atoms with Gasteiger partial charge in [0, 0.05) is 32.2 Å². The van der Waals surface area contributed by atoms with E-state index in [-0.39, 0.29) is 6.04 Å². The van der Waals surface area contributed by atoms with Crippen LogP contribution in [0.5, 0.6) is 0 Å². The highest BCUT2D eigenvalue weighted by atomic mass is 32.2. The number of fused-ring (bicyclic) bond motifs is 1. The average molecular weight is 287 g/mol. The first-order valence-corrected chi connectivity index (χ1v) is 8.96. The Labute approximate surface area is 116 Å². The summed E-state index contributed by atoms with van der Waals surface area (Å²) in [6, 6.07) is 0.192. The molecular weight excluding hydrogens is 262 g/mol. The zero-order valence-electron chi connectivity index (χ0n) is 11.7. The normalized spacial score (nSPS) is 37.6. The maximum atomic E-state index is 12.4. The Morgan fingerprint density at radius 3 is 2.47 bits per heavy atom. The van der Waals surface area contributed by atoms with Gasteiger partial charge in [0.25, 0.3) is 10.2 Å². The van der Waals surface area contributed by atoms with Crippen LogP contribution in [0.1, 0.15) is 32.1 Å². The Balaban J connectivity index is 1.62. The third-order valence-electron chi connectivity index (χ3n) is 5.19. The summed E-state index contributed by atoms with van der Waals surface area (Å²) in [5, 5.41) is 0. The number of piperazine rings is 1. The maximum Gasteiger partial charge on any atom is 0.279 e. The molecule has 0 aromatic heterocycles. The SMILES string of the molecule is CN1CCN(S(=O)(=O)N[C@H]2CC[C@@H]3CCC[C@@H]32)CC1. The van der Waals surface area contributed by atoms with Gasteiger partial charge in [-0.05, 0) is 38.1 Å². The van der Waals surface area contributed by atoms with Crippen LogP contribution >= 0.6 is 0 Å². The van der Waals surface area contributed by atoms with Crippen LogP contribution in [0.15, 0.2) is 0 Å². The molecule has 3 atom stereocenters. The van der Waals surface area contributed by atoms with Crippen molar-refractivity contribution in [3.05, 3.63) is 0 Å². The smallest absolute Gasteiger partial charge is 0.279 e. The summed E-state index contributed by atoms with van der Waals surface area (Å²) in [5.74, 6) is 1.38. The molecule has 0 unspecified atom stereocenters. The first-order chi connectivity index (χ1) is 9.06. The predicted molar refractivity (Wildman–Crippen MR) is 75.0 cm³/mol. The van der Waals surface area contributed by atoms with Gasteiger partial charge in [0.15, 0.2) is 0 Å². The van der Waals surface area contributed by atoms with E-state index in [0.717, 1.165) is 25.4 Å². The Hall–Kier alpha value is -0.170. The first-order valence-electron chi connectivity index (χ1n) is 7.52. The van der Waals surface area contributed by atoms with Crippen LogP contribution in [0, 0.1) is 11.8 Å². The standard InChI is InChI=1S/C13H25N3O2S/c1-15-7-9-16(10-8-15)19(17,18)14-13-6-5-11-3-2-4-12(11)13/h11-14H,2-10H2,1H3/t11-,12-,13-/m0/s1. The molecular formula is C13H25N3O2S. The Bertz CT molecular complexity index is 418. The maximum absolute atomic E-state index is 12.4. The molecule has 1 heterocycles. The summed E-state index contributed by atoms with van der Waals surface area (Å²) in [6.07, 6.45) is 6.03. The molecule has 5 nitrogen and oxygen atoms in total. The van der Waals surface area contributed by atoms with Crippen LogP contribution in [-0.4, -0.2) is 56.9 Å². The topological polar surface area (TPSA) is 52.7 Å². The quantitative estimate of drug-likeness (QED) is 0.829. The summed E-state index contributed by atoms with van der Waals surface area (Å²) in [5.41, 5.74) is 0. The van der Waals surface area contributed by atoms with Gasteiger partial charge in [-0.2, -0.15) is 17.4 Å². The van der Waals surface area contributed by atoms with Crippen LogP contribution < -0.4 is 4.72 Å². The van der Waals surface area contributed by atoms with Gasteiger partial charge < -0.3 is 4.90 Å². The molecule has 2 saturated carbocycles. The summed E-state index contributed by atoms with van der Waals surface area (Å²) < 4.78 is 29.5. The lowest BCUT2D eigenvalue weighted by Crippen LogP contribution is -2.53. The van der Waals surface area contributed by atoms with Gasteiger partial charge in [0.2, 0.25) is 0 Å². The van der Waals surface area contributed by atoms with Crippen molar-refractivity contribution in [2.75, 3.05) is 33.2 Å². The highest BCUT2D eigenvalue weighted by Crippen LogP contribution is 2.44. The molecule has 6 heteroatoms. The second kappa shape index (κ2) is 5.31. The average Bonchev–Trinajstić information content (AvgIpc) is 2.95. The molecule has 3 aliphatic rings. The van der Waals surface area contributed by atoms with Gasteiger partial charge in [0.1, 0.15) is 0 Å². The molecule has 1 N–H and O–H groups in total. The van der Waals surface area contributed by atoms with Crippen LogP contribution in [0.3, 0.4) is 0 Å². The van der Waals surface area contributed by atoms with E-state index in [4.69, 9.17) is 0 Å². The lowest BCUT2D eigenvalue weighted by molar-refractivity contribution is 0.219. The molecule has 0 bridgehead atoms. The van der Waals surface area contributed by atoms with Crippen molar-refractivity contribution in [1.82, 2.24) is 13.9 Å². The van der Waals surface area contributed by atoms with Gasteiger partial charge in [-0.3, -0.25) is 0 Å². The second-order valence-electron chi connectivity index (χ2n) is 6.36. The van der Waals surface area contributed by atoms with Gasteiger partial charge in [-0.15, -0.1) is 0 Å². The molecule has 3 rings (SSSR count). The molecule has 2 aliphatic carbocycles. The first kappa shape index (κ1) is 13.8. The predicted octanol–water partition coefficient (Wildman–Crippen LogP) is 0.647. The fourth-order valence-corrected chi connectivity index (χ4v) is 5.47. The highest BCUT2D eigenvalue weighted by Gasteiger charge is 2.41. The molecule has 19 heavy (non-hydrogen) atoms. The van der Waals surface area contributed by atoms with E-state index in [1.165, 1.54) is 25.7 Å². The van der Waals surface area contributed by atoms with E-state index in [2.05, 4.69) is 9.62 Å². The van der Waals surface area contributed by atoms with Crippen LogP contribution in [0.2, 0.25) is 0 Å². The van der Waals surface area contributed by atoms with Crippen molar-refractivity contribution in [3.63, 3.8) is 0 Å². The van der Waals surface area contributed by atoms with E-state index in [1.54, 1.807) is 4.31 Å². The Morgan fingerprint density at radius 2 is 1.74 bits per heavy atom. The van der Waals surface area contributed by atoms with Gasteiger partial charge in [-0.25, -0.2) is 0 Å². The zero-order chi connectivity index (χ0) is 13.5. The minimum absolute atomic E-state index is 0.192. The van der Waals surface area contributed by atoms with Gasteiger partial charge in [-0.1, -0.05) is 12.8 Å². The second-order valence-corrected chi connectivity index (χ2v) is 8.07. The molecule has 0 amide bonds. The van der Waals surface area contributed by atoms with E-state index in [9.17, 15) is 8.42 Å². The monoisotopic (exact) mass is 287 g/mol. The van der Waals surface area contributed by atoms with Gasteiger partial charge >= 0.3 is 0 Å². The summed E-state index contributed by atoms with van der Waals surface area (Å²) in [4.78, 5) is 2.18. The van der Waals surface area contributed by atoms with Crippen molar-refractivity contribution in [2.45, 2.75) is 38.1 Å². The zero-order valence-corrected chi connectivity index (χ0v) is 12.5. The number of hydrogen-bond donors (Lipinski definition) is 1. The van der Waals surface area contributed by atoms with Crippen molar-refractivity contribution >= 4 is 10.2 Å². The number of rotatable bonds is 3. The van der Waals surface area contributed by atoms with Crippen molar-refractivity contribution < 1.29 is 8.42 Å². The summed E-state index contributed by atoms with van der Waals surface area (Å²) in [6.45, 7) is 2.90. The fraction of sp³-hybridized carbons (Fsp3) is 1.00. The minimum atomic E-state index is -3.27. The Kier molecular flexibility index (Phi) is 3.86.